The van der Waals surface area contributed by atoms with E-state index >= 15 is 0 Å². The van der Waals surface area contributed by atoms with Crippen molar-refractivity contribution in [2.75, 3.05) is 25.6 Å². The molecular formula is C23H32N4O2Si. The number of fused-ring (bicyclic) bond motifs is 1. The van der Waals surface area contributed by atoms with Crippen LogP contribution >= 0.6 is 0 Å². The van der Waals surface area contributed by atoms with E-state index in [1.165, 1.54) is 5.56 Å². The molecule has 7 heteroatoms. The Morgan fingerprint density at radius 3 is 2.73 bits per heavy atom. The van der Waals surface area contributed by atoms with E-state index in [4.69, 9.17) is 15.2 Å². The molecular weight excluding hydrogens is 392 g/mol. The number of hydrogen-bond donors (Lipinski definition) is 1. The monoisotopic (exact) mass is 424 g/mol. The van der Waals surface area contributed by atoms with E-state index in [-0.39, 0.29) is 0 Å². The molecule has 2 N–H and O–H groups in total. The first kappa shape index (κ1) is 21.0. The van der Waals surface area contributed by atoms with E-state index in [9.17, 15) is 0 Å². The van der Waals surface area contributed by atoms with Gasteiger partial charge < -0.3 is 19.8 Å². The largest absolute Gasteiger partial charge is 0.399 e. The lowest BCUT2D eigenvalue weighted by Gasteiger charge is -2.22. The van der Waals surface area contributed by atoms with Crippen molar-refractivity contribution in [3.8, 4) is 11.3 Å². The van der Waals surface area contributed by atoms with Gasteiger partial charge in [-0.2, -0.15) is 0 Å². The molecule has 2 aromatic heterocycles. The Labute approximate surface area is 179 Å². The van der Waals surface area contributed by atoms with Gasteiger partial charge in [0.25, 0.3) is 0 Å². The van der Waals surface area contributed by atoms with Gasteiger partial charge in [0.15, 0.2) is 0 Å². The third-order valence-electron chi connectivity index (χ3n) is 5.73. The number of rotatable bonds is 7. The number of anilines is 1. The van der Waals surface area contributed by atoms with Gasteiger partial charge in [-0.1, -0.05) is 31.8 Å². The third-order valence-corrected chi connectivity index (χ3v) is 7.44. The van der Waals surface area contributed by atoms with Crippen LogP contribution in [0.1, 0.15) is 24.3 Å². The van der Waals surface area contributed by atoms with Crippen molar-refractivity contribution in [1.82, 2.24) is 14.5 Å². The summed E-state index contributed by atoms with van der Waals surface area (Å²) in [5, 5.41) is 1.11. The molecule has 3 aromatic rings. The SMILES string of the molecule is C[Si](C)(C)CCOCn1cc(C2CCOCC2)c2c(-c3cccc(N)c3)ncnc21. The van der Waals surface area contributed by atoms with Gasteiger partial charge in [-0.3, -0.25) is 0 Å². The topological polar surface area (TPSA) is 75.2 Å². The molecule has 6 nitrogen and oxygen atoms in total. The highest BCUT2D eigenvalue weighted by Crippen LogP contribution is 2.37. The summed E-state index contributed by atoms with van der Waals surface area (Å²) in [6.45, 7) is 10.0. The van der Waals surface area contributed by atoms with Crippen molar-refractivity contribution >= 4 is 24.8 Å². The molecule has 1 aliphatic rings. The Kier molecular flexibility index (Phi) is 6.22. The van der Waals surface area contributed by atoms with Crippen LogP contribution in [0, 0.1) is 0 Å². The fraction of sp³-hybridized carbons (Fsp3) is 0.478. The highest BCUT2D eigenvalue weighted by Gasteiger charge is 2.24. The second-order valence-electron chi connectivity index (χ2n) is 9.34. The summed E-state index contributed by atoms with van der Waals surface area (Å²) in [6.07, 6.45) is 5.90. The molecule has 0 spiro atoms. The molecule has 0 radical (unpaired) electrons. The van der Waals surface area contributed by atoms with Gasteiger partial charge in [0.1, 0.15) is 18.7 Å². The van der Waals surface area contributed by atoms with Gasteiger partial charge in [-0.05, 0) is 42.5 Å². The van der Waals surface area contributed by atoms with Gasteiger partial charge in [0.2, 0.25) is 0 Å². The molecule has 0 bridgehead atoms. The minimum absolute atomic E-state index is 0.440. The zero-order valence-corrected chi connectivity index (χ0v) is 19.2. The number of aromatic nitrogens is 3. The minimum atomic E-state index is -1.11. The molecule has 1 fully saturated rings. The summed E-state index contributed by atoms with van der Waals surface area (Å²) >= 11 is 0. The van der Waals surface area contributed by atoms with Crippen LogP contribution in [0.25, 0.3) is 22.3 Å². The molecule has 3 heterocycles. The molecule has 0 amide bonds. The molecule has 160 valence electrons. The van der Waals surface area contributed by atoms with Crippen molar-refractivity contribution in [1.29, 1.82) is 0 Å². The first-order valence-corrected chi connectivity index (χ1v) is 14.5. The normalized spacial score (nSPS) is 15.7. The van der Waals surface area contributed by atoms with Crippen LogP contribution in [0.4, 0.5) is 5.69 Å². The van der Waals surface area contributed by atoms with Crippen LogP contribution in [-0.4, -0.2) is 42.4 Å². The quantitative estimate of drug-likeness (QED) is 0.332. The highest BCUT2D eigenvalue weighted by molar-refractivity contribution is 6.76. The summed E-state index contributed by atoms with van der Waals surface area (Å²) in [5.41, 5.74) is 11.0. The fourth-order valence-electron chi connectivity index (χ4n) is 4.02. The maximum absolute atomic E-state index is 6.06. The highest BCUT2D eigenvalue weighted by atomic mass is 28.3. The summed E-state index contributed by atoms with van der Waals surface area (Å²) in [5.74, 6) is 0.440. The maximum atomic E-state index is 6.06. The van der Waals surface area contributed by atoms with Crippen LogP contribution in [0.15, 0.2) is 36.8 Å². The number of hydrogen-bond acceptors (Lipinski definition) is 5. The van der Waals surface area contributed by atoms with Crippen molar-refractivity contribution in [2.45, 2.75) is 51.2 Å². The molecule has 1 aliphatic heterocycles. The summed E-state index contributed by atoms with van der Waals surface area (Å²) < 4.78 is 13.8. The second-order valence-corrected chi connectivity index (χ2v) is 15.0. The van der Waals surface area contributed by atoms with E-state index in [1.807, 2.05) is 18.2 Å². The van der Waals surface area contributed by atoms with E-state index in [0.29, 0.717) is 12.6 Å². The average molecular weight is 425 g/mol. The second kappa shape index (κ2) is 8.87. The number of benzene rings is 1. The van der Waals surface area contributed by atoms with Crippen molar-refractivity contribution in [3.05, 3.63) is 42.4 Å². The number of ether oxygens (including phenoxy) is 2. The smallest absolute Gasteiger partial charge is 0.146 e. The Balaban J connectivity index is 1.73. The van der Waals surface area contributed by atoms with E-state index in [1.54, 1.807) is 6.33 Å². The van der Waals surface area contributed by atoms with Crippen LogP contribution in [0.3, 0.4) is 0 Å². The molecule has 0 aliphatic carbocycles. The van der Waals surface area contributed by atoms with E-state index < -0.39 is 8.07 Å². The predicted molar refractivity (Wildman–Crippen MR) is 124 cm³/mol. The maximum Gasteiger partial charge on any atom is 0.146 e. The Morgan fingerprint density at radius 1 is 1.20 bits per heavy atom. The lowest BCUT2D eigenvalue weighted by atomic mass is 9.90. The standard InChI is InChI=1S/C23H32N4O2Si/c1-30(2,3)12-11-29-16-27-14-20(17-7-9-28-10-8-17)21-22(25-15-26-23(21)27)18-5-4-6-19(24)13-18/h4-6,13-15,17H,7-12,16,24H2,1-3H3. The zero-order chi connectivity index (χ0) is 21.1. The molecule has 0 atom stereocenters. The first-order valence-electron chi connectivity index (χ1n) is 10.8. The van der Waals surface area contributed by atoms with Crippen LogP contribution in [0.5, 0.6) is 0 Å². The lowest BCUT2D eigenvalue weighted by Crippen LogP contribution is -2.22. The number of nitrogens with zero attached hydrogens (tertiary/aromatic N) is 3. The fourth-order valence-corrected chi connectivity index (χ4v) is 4.77. The first-order chi connectivity index (χ1) is 14.4. The lowest BCUT2D eigenvalue weighted by molar-refractivity contribution is 0.0840. The predicted octanol–water partition coefficient (Wildman–Crippen LogP) is 4.89. The van der Waals surface area contributed by atoms with Gasteiger partial charge in [0.05, 0.1) is 5.69 Å². The molecule has 1 aromatic carbocycles. The van der Waals surface area contributed by atoms with Gasteiger partial charge in [0, 0.05) is 50.7 Å². The van der Waals surface area contributed by atoms with Gasteiger partial charge in [-0.15, -0.1) is 0 Å². The van der Waals surface area contributed by atoms with E-state index in [0.717, 1.165) is 66.7 Å². The minimum Gasteiger partial charge on any atom is -0.399 e. The average Bonchev–Trinajstić information content (AvgIpc) is 3.10. The Morgan fingerprint density at radius 2 is 2.00 bits per heavy atom. The Bertz CT molecular complexity index is 1010. The number of nitrogen functional groups attached to an aromatic ring is 1. The van der Waals surface area contributed by atoms with Crippen LogP contribution in [0.2, 0.25) is 25.7 Å². The van der Waals surface area contributed by atoms with Crippen LogP contribution < -0.4 is 5.73 Å². The summed E-state index contributed by atoms with van der Waals surface area (Å²) in [6, 6.07) is 9.08. The molecule has 1 saturated heterocycles. The van der Waals surface area contributed by atoms with Crippen LogP contribution in [-0.2, 0) is 16.2 Å². The summed E-state index contributed by atoms with van der Waals surface area (Å²) in [4.78, 5) is 9.32. The third kappa shape index (κ3) is 4.74. The van der Waals surface area contributed by atoms with Crippen molar-refractivity contribution in [3.63, 3.8) is 0 Å². The Hall–Kier alpha value is -2.22. The van der Waals surface area contributed by atoms with Crippen molar-refractivity contribution in [2.24, 2.45) is 0 Å². The summed E-state index contributed by atoms with van der Waals surface area (Å²) in [7, 11) is -1.11. The zero-order valence-electron chi connectivity index (χ0n) is 18.2. The molecule has 4 rings (SSSR count). The van der Waals surface area contributed by atoms with Gasteiger partial charge in [-0.25, -0.2) is 9.97 Å². The van der Waals surface area contributed by atoms with Gasteiger partial charge >= 0.3 is 0 Å². The van der Waals surface area contributed by atoms with Crippen molar-refractivity contribution < 1.29 is 9.47 Å². The number of nitrogens with two attached hydrogens (primary N) is 1. The molecule has 30 heavy (non-hydrogen) atoms. The van der Waals surface area contributed by atoms with E-state index in [2.05, 4.69) is 46.4 Å². The molecule has 0 unspecified atom stereocenters. The molecule has 0 saturated carbocycles.